The van der Waals surface area contributed by atoms with Crippen molar-refractivity contribution in [3.63, 3.8) is 0 Å². The van der Waals surface area contributed by atoms with E-state index in [0.717, 1.165) is 0 Å². The third kappa shape index (κ3) is 6.20. The van der Waals surface area contributed by atoms with Crippen LogP contribution in [0.2, 0.25) is 0 Å². The number of nitrogens with one attached hydrogen (secondary N) is 2. The molecule has 14 nitrogen and oxygen atoms in total. The van der Waals surface area contributed by atoms with Crippen LogP contribution in [0.25, 0.3) is 0 Å². The molecule has 1 unspecified atom stereocenters. The van der Waals surface area contributed by atoms with E-state index in [-0.39, 0.29) is 40.9 Å². The quantitative estimate of drug-likeness (QED) is 0.305. The predicted molar refractivity (Wildman–Crippen MR) is 124 cm³/mol. The van der Waals surface area contributed by atoms with Gasteiger partial charge in [-0.1, -0.05) is 6.92 Å². The van der Waals surface area contributed by atoms with Gasteiger partial charge in [-0.15, -0.1) is 0 Å². The molecule has 1 amide bonds. The van der Waals surface area contributed by atoms with E-state index >= 15 is 0 Å². The number of carbonyl (C=O) groups excluding carboxylic acids is 1. The lowest BCUT2D eigenvalue weighted by Gasteiger charge is -2.13. The third-order valence-electron chi connectivity index (χ3n) is 4.79. The zero-order valence-electron chi connectivity index (χ0n) is 19.3. The zero-order chi connectivity index (χ0) is 25.8. The topological polar surface area (TPSA) is 180 Å². The van der Waals surface area contributed by atoms with Crippen LogP contribution in [0.5, 0.6) is 11.9 Å². The maximum Gasteiger partial charge on any atom is 0.390 e. The Labute approximate surface area is 200 Å². The fourth-order valence-corrected chi connectivity index (χ4v) is 3.93. The summed E-state index contributed by atoms with van der Waals surface area (Å²) in [6, 6.07) is 8.05. The van der Waals surface area contributed by atoms with Crippen LogP contribution in [-0.2, 0) is 21.4 Å². The van der Waals surface area contributed by atoms with Crippen molar-refractivity contribution in [3.8, 4) is 11.9 Å². The van der Waals surface area contributed by atoms with Crippen molar-refractivity contribution in [3.05, 3.63) is 52.2 Å². The molecule has 0 aliphatic heterocycles. The molecule has 3 rings (SSSR count). The van der Waals surface area contributed by atoms with Crippen molar-refractivity contribution in [2.24, 2.45) is 5.92 Å². The zero-order valence-corrected chi connectivity index (χ0v) is 20.1. The smallest absolute Gasteiger partial charge is 0.390 e. The molecular formula is C20H23N7O7S. The average Bonchev–Trinajstić information content (AvgIpc) is 3.19. The Kier molecular flexibility index (Phi) is 7.49. The number of amides is 1. The normalized spacial score (nSPS) is 12.0. The van der Waals surface area contributed by atoms with Crippen LogP contribution in [-0.4, -0.2) is 53.2 Å². The Morgan fingerprint density at radius 2 is 1.86 bits per heavy atom. The number of anilines is 2. The van der Waals surface area contributed by atoms with Crippen LogP contribution in [0.3, 0.4) is 0 Å². The Morgan fingerprint density at radius 3 is 2.43 bits per heavy atom. The lowest BCUT2D eigenvalue weighted by Crippen LogP contribution is -2.25. The van der Waals surface area contributed by atoms with E-state index in [1.807, 2.05) is 0 Å². The van der Waals surface area contributed by atoms with E-state index in [0.29, 0.717) is 11.4 Å². The molecule has 186 valence electrons. The number of aryl methyl sites for hydroxylation is 1. The lowest BCUT2D eigenvalue weighted by molar-refractivity contribution is -0.389. The van der Waals surface area contributed by atoms with Gasteiger partial charge in [0.15, 0.2) is 5.82 Å². The number of nitro groups is 1. The number of nitrogens with zero attached hydrogens (tertiary/aromatic N) is 5. The minimum Gasteiger partial charge on any atom is -0.481 e. The molecule has 0 spiro atoms. The minimum atomic E-state index is -4.01. The maximum atomic E-state index is 12.7. The largest absolute Gasteiger partial charge is 0.481 e. The summed E-state index contributed by atoms with van der Waals surface area (Å²) >= 11 is 0. The summed E-state index contributed by atoms with van der Waals surface area (Å²) in [7, 11) is -1.30. The van der Waals surface area contributed by atoms with Gasteiger partial charge in [0.1, 0.15) is 0 Å². The van der Waals surface area contributed by atoms with Gasteiger partial charge in [-0.3, -0.25) is 9.52 Å². The first kappa shape index (κ1) is 25.4. The number of methoxy groups -OCH3 is 2. The van der Waals surface area contributed by atoms with Gasteiger partial charge in [0.05, 0.1) is 48.4 Å². The molecule has 0 fully saturated rings. The average molecular weight is 506 g/mol. The molecule has 1 aromatic carbocycles. The van der Waals surface area contributed by atoms with Crippen molar-refractivity contribution in [2.45, 2.75) is 25.3 Å². The Balaban J connectivity index is 1.67. The van der Waals surface area contributed by atoms with Crippen molar-refractivity contribution in [1.29, 1.82) is 0 Å². The maximum absolute atomic E-state index is 12.7. The number of benzene rings is 1. The first-order chi connectivity index (χ1) is 16.5. The Morgan fingerprint density at radius 1 is 1.17 bits per heavy atom. The molecule has 0 saturated heterocycles. The van der Waals surface area contributed by atoms with Crippen molar-refractivity contribution < 1.29 is 27.6 Å². The molecule has 35 heavy (non-hydrogen) atoms. The van der Waals surface area contributed by atoms with Crippen molar-refractivity contribution >= 4 is 33.3 Å². The van der Waals surface area contributed by atoms with Gasteiger partial charge in [0.2, 0.25) is 11.8 Å². The first-order valence-corrected chi connectivity index (χ1v) is 11.6. The molecule has 0 radical (unpaired) electrons. The number of ether oxygens (including phenoxy) is 2. The number of hydrogen-bond donors (Lipinski definition) is 2. The summed E-state index contributed by atoms with van der Waals surface area (Å²) in [5, 5.41) is 17.4. The van der Waals surface area contributed by atoms with E-state index in [9.17, 15) is 23.3 Å². The minimum absolute atomic E-state index is 0.0472. The van der Waals surface area contributed by atoms with Gasteiger partial charge in [-0.05, 0) is 36.1 Å². The highest BCUT2D eigenvalue weighted by atomic mass is 32.2. The lowest BCUT2D eigenvalue weighted by atomic mass is 10.1. The molecule has 0 saturated carbocycles. The molecule has 1 atom stereocenters. The second-order valence-corrected chi connectivity index (χ2v) is 9.07. The highest BCUT2D eigenvalue weighted by molar-refractivity contribution is 7.92. The highest BCUT2D eigenvalue weighted by Crippen LogP contribution is 2.22. The van der Waals surface area contributed by atoms with E-state index in [4.69, 9.17) is 9.47 Å². The van der Waals surface area contributed by atoms with E-state index in [2.05, 4.69) is 25.1 Å². The molecule has 0 bridgehead atoms. The van der Waals surface area contributed by atoms with Crippen LogP contribution in [0.1, 0.15) is 12.6 Å². The van der Waals surface area contributed by atoms with E-state index in [1.165, 1.54) is 55.3 Å². The molecule has 3 aromatic rings. The van der Waals surface area contributed by atoms with Crippen LogP contribution in [0.15, 0.2) is 41.3 Å². The number of hydrogen-bond acceptors (Lipinski definition) is 10. The van der Waals surface area contributed by atoms with Gasteiger partial charge in [0, 0.05) is 11.8 Å². The Hall–Kier alpha value is -4.27. The summed E-state index contributed by atoms with van der Waals surface area (Å²) in [5.41, 5.74) is 0.923. The van der Waals surface area contributed by atoms with Gasteiger partial charge >= 0.3 is 11.8 Å². The standard InChI is InChI=1S/C20H23N7O7S/c1-12(11-26-13(2)9-17(24-26)27(29)30)19(28)21-14-5-7-15(8-6-14)35(31,32)25-16-10-18(33-3)23-20(22-16)34-4/h5-10,12H,11H2,1-4H3,(H,21,28)(H,22,23,25). The molecule has 0 aliphatic carbocycles. The molecular weight excluding hydrogens is 482 g/mol. The fourth-order valence-electron chi connectivity index (χ4n) is 2.94. The van der Waals surface area contributed by atoms with Gasteiger partial charge in [0.25, 0.3) is 10.0 Å². The van der Waals surface area contributed by atoms with E-state index in [1.54, 1.807) is 13.8 Å². The summed E-state index contributed by atoms with van der Waals surface area (Å²) in [5.74, 6) is -1.16. The fraction of sp³-hybridized carbons (Fsp3) is 0.300. The van der Waals surface area contributed by atoms with Crippen molar-refractivity contribution in [2.75, 3.05) is 24.3 Å². The third-order valence-corrected chi connectivity index (χ3v) is 6.17. The summed E-state index contributed by atoms with van der Waals surface area (Å²) in [6.45, 7) is 3.44. The van der Waals surface area contributed by atoms with Crippen LogP contribution < -0.4 is 19.5 Å². The molecule has 0 aliphatic rings. The number of carbonyl (C=O) groups is 1. The van der Waals surface area contributed by atoms with Crippen LogP contribution in [0.4, 0.5) is 17.3 Å². The Bertz CT molecular complexity index is 1320. The number of sulfonamides is 1. The first-order valence-electron chi connectivity index (χ1n) is 10.1. The monoisotopic (exact) mass is 505 g/mol. The van der Waals surface area contributed by atoms with Crippen molar-refractivity contribution in [1.82, 2.24) is 19.7 Å². The predicted octanol–water partition coefficient (Wildman–Crippen LogP) is 1.98. The van der Waals surface area contributed by atoms with Gasteiger partial charge < -0.3 is 24.9 Å². The molecule has 2 heterocycles. The van der Waals surface area contributed by atoms with Crippen LogP contribution >= 0.6 is 0 Å². The number of rotatable bonds is 10. The molecule has 15 heteroatoms. The SMILES string of the molecule is COc1cc(NS(=O)(=O)c2ccc(NC(=O)C(C)Cn3nc([N+](=O)[O-])cc3C)cc2)nc(OC)n1. The molecule has 2 N–H and O–H groups in total. The molecule has 2 aromatic heterocycles. The van der Waals surface area contributed by atoms with E-state index < -0.39 is 20.9 Å². The second-order valence-electron chi connectivity index (χ2n) is 7.39. The summed E-state index contributed by atoms with van der Waals surface area (Å²) < 4.78 is 39.1. The summed E-state index contributed by atoms with van der Waals surface area (Å²) in [6.07, 6.45) is 0. The van der Waals surface area contributed by atoms with Gasteiger partial charge in [-0.2, -0.15) is 14.6 Å². The summed E-state index contributed by atoms with van der Waals surface area (Å²) in [4.78, 5) is 30.6. The van der Waals surface area contributed by atoms with Crippen LogP contribution in [0, 0.1) is 23.0 Å². The second kappa shape index (κ2) is 10.3. The van der Waals surface area contributed by atoms with Gasteiger partial charge in [-0.25, -0.2) is 8.42 Å². The highest BCUT2D eigenvalue weighted by Gasteiger charge is 2.21. The number of aromatic nitrogens is 4.